The van der Waals surface area contributed by atoms with Gasteiger partial charge in [0.15, 0.2) is 0 Å². The van der Waals surface area contributed by atoms with Crippen molar-refractivity contribution >= 4 is 17.4 Å². The van der Waals surface area contributed by atoms with Crippen LogP contribution in [-0.4, -0.2) is 47.3 Å². The minimum Gasteiger partial charge on any atom is -0.444 e. The molecular weight excluding hydrogens is 262 g/mol. The Morgan fingerprint density at radius 1 is 1.63 bits per heavy atom. The van der Waals surface area contributed by atoms with Crippen LogP contribution >= 0.6 is 11.3 Å². The number of nitrogens with one attached hydrogen (secondary N) is 1. The molecular formula is C13H21N3O2S. The number of piperazine rings is 1. The fourth-order valence-electron chi connectivity index (χ4n) is 2.05. The first-order valence-corrected chi connectivity index (χ1v) is 7.47. The summed E-state index contributed by atoms with van der Waals surface area (Å²) < 4.78 is 5.41. The van der Waals surface area contributed by atoms with Gasteiger partial charge in [0.25, 0.3) is 0 Å². The molecule has 1 fully saturated rings. The van der Waals surface area contributed by atoms with Gasteiger partial charge in [0, 0.05) is 37.5 Å². The van der Waals surface area contributed by atoms with Crippen molar-refractivity contribution in [1.29, 1.82) is 0 Å². The first kappa shape index (κ1) is 14.3. The molecule has 0 bridgehead atoms. The molecule has 1 atom stereocenters. The molecule has 19 heavy (non-hydrogen) atoms. The van der Waals surface area contributed by atoms with Gasteiger partial charge in [-0.2, -0.15) is 0 Å². The lowest BCUT2D eigenvalue weighted by molar-refractivity contribution is 0.0195. The van der Waals surface area contributed by atoms with Gasteiger partial charge < -0.3 is 15.0 Å². The van der Waals surface area contributed by atoms with E-state index >= 15 is 0 Å². The second kappa shape index (κ2) is 5.88. The second-order valence-electron chi connectivity index (χ2n) is 5.76. The van der Waals surface area contributed by atoms with Gasteiger partial charge in [-0.15, -0.1) is 11.3 Å². The van der Waals surface area contributed by atoms with Gasteiger partial charge in [-0.3, -0.25) is 0 Å². The molecule has 1 aromatic rings. The number of ether oxygens (including phenoxy) is 1. The highest BCUT2D eigenvalue weighted by Gasteiger charge is 2.27. The van der Waals surface area contributed by atoms with Crippen molar-refractivity contribution in [2.45, 2.75) is 38.8 Å². The maximum absolute atomic E-state index is 12.0. The lowest BCUT2D eigenvalue weighted by Gasteiger charge is -2.34. The van der Waals surface area contributed by atoms with Gasteiger partial charge in [0.1, 0.15) is 5.60 Å². The Kier molecular flexibility index (Phi) is 4.42. The molecule has 0 spiro atoms. The van der Waals surface area contributed by atoms with E-state index in [1.54, 1.807) is 16.2 Å². The van der Waals surface area contributed by atoms with E-state index in [0.717, 1.165) is 18.7 Å². The molecule has 2 rings (SSSR count). The zero-order valence-corrected chi connectivity index (χ0v) is 12.5. The minimum atomic E-state index is -0.438. The normalized spacial score (nSPS) is 20.4. The van der Waals surface area contributed by atoms with E-state index in [1.165, 1.54) is 0 Å². The molecule has 0 radical (unpaired) electrons. The van der Waals surface area contributed by atoms with Crippen LogP contribution in [0.4, 0.5) is 4.79 Å². The van der Waals surface area contributed by atoms with Crippen LogP contribution in [0.5, 0.6) is 0 Å². The van der Waals surface area contributed by atoms with E-state index in [4.69, 9.17) is 4.74 Å². The number of hydrogen-bond acceptors (Lipinski definition) is 5. The van der Waals surface area contributed by atoms with Gasteiger partial charge in [0.05, 0.1) is 11.2 Å². The molecule has 0 saturated carbocycles. The standard InChI is InChI=1S/C13H21N3O2S/c1-13(2,3)18-12(17)16-5-4-14-10(7-16)6-11-8-19-9-15-11/h8-10,14H,4-7H2,1-3H3/t10-/m1/s1. The molecule has 1 N–H and O–H groups in total. The van der Waals surface area contributed by atoms with E-state index in [1.807, 2.05) is 31.7 Å². The third-order valence-electron chi connectivity index (χ3n) is 2.85. The molecule has 1 aliphatic heterocycles. The van der Waals surface area contributed by atoms with Gasteiger partial charge in [-0.25, -0.2) is 9.78 Å². The van der Waals surface area contributed by atoms with Crippen LogP contribution in [0.15, 0.2) is 10.9 Å². The van der Waals surface area contributed by atoms with Crippen molar-refractivity contribution in [3.8, 4) is 0 Å². The molecule has 0 unspecified atom stereocenters. The Balaban J connectivity index is 1.88. The third-order valence-corrected chi connectivity index (χ3v) is 3.48. The smallest absolute Gasteiger partial charge is 0.410 e. The molecule has 0 aromatic carbocycles. The summed E-state index contributed by atoms with van der Waals surface area (Å²) >= 11 is 1.60. The molecule has 1 aromatic heterocycles. The molecule has 106 valence electrons. The minimum absolute atomic E-state index is 0.225. The maximum atomic E-state index is 12.0. The molecule has 1 saturated heterocycles. The average Bonchev–Trinajstić information content (AvgIpc) is 2.80. The summed E-state index contributed by atoms with van der Waals surface area (Å²) in [6.07, 6.45) is 0.625. The maximum Gasteiger partial charge on any atom is 0.410 e. The van der Waals surface area contributed by atoms with E-state index < -0.39 is 5.60 Å². The summed E-state index contributed by atoms with van der Waals surface area (Å²) in [4.78, 5) is 18.1. The number of carbonyl (C=O) groups excluding carboxylic acids is 1. The fraction of sp³-hybridized carbons (Fsp3) is 0.692. The quantitative estimate of drug-likeness (QED) is 0.900. The van der Waals surface area contributed by atoms with Crippen LogP contribution in [-0.2, 0) is 11.2 Å². The highest BCUT2D eigenvalue weighted by Crippen LogP contribution is 2.13. The fourth-order valence-corrected chi connectivity index (χ4v) is 2.62. The molecule has 6 heteroatoms. The lowest BCUT2D eigenvalue weighted by atomic mass is 10.1. The first-order valence-electron chi connectivity index (χ1n) is 6.52. The van der Waals surface area contributed by atoms with Gasteiger partial charge >= 0.3 is 6.09 Å². The number of aromatic nitrogens is 1. The first-order chi connectivity index (χ1) is 8.94. The van der Waals surface area contributed by atoms with Crippen LogP contribution in [0.25, 0.3) is 0 Å². The van der Waals surface area contributed by atoms with Crippen LogP contribution in [0.2, 0.25) is 0 Å². The lowest BCUT2D eigenvalue weighted by Crippen LogP contribution is -2.54. The van der Waals surface area contributed by atoms with Crippen LogP contribution in [0.1, 0.15) is 26.5 Å². The Labute approximate surface area is 118 Å². The summed E-state index contributed by atoms with van der Waals surface area (Å²) in [5, 5.41) is 5.47. The molecule has 1 amide bonds. The van der Waals surface area contributed by atoms with Gasteiger partial charge in [-0.05, 0) is 20.8 Å². The number of rotatable bonds is 2. The largest absolute Gasteiger partial charge is 0.444 e. The zero-order chi connectivity index (χ0) is 13.9. The highest BCUT2D eigenvalue weighted by atomic mass is 32.1. The molecule has 5 nitrogen and oxygen atoms in total. The Hall–Kier alpha value is -1.14. The Morgan fingerprint density at radius 2 is 2.42 bits per heavy atom. The summed E-state index contributed by atoms with van der Waals surface area (Å²) in [7, 11) is 0. The van der Waals surface area contributed by atoms with Crippen molar-refractivity contribution in [2.24, 2.45) is 0 Å². The highest BCUT2D eigenvalue weighted by molar-refractivity contribution is 7.07. The summed E-state index contributed by atoms with van der Waals surface area (Å²) in [5.74, 6) is 0. The molecule has 0 aliphatic carbocycles. The molecule has 1 aliphatic rings. The monoisotopic (exact) mass is 283 g/mol. The van der Waals surface area contributed by atoms with Crippen LogP contribution in [0.3, 0.4) is 0 Å². The average molecular weight is 283 g/mol. The topological polar surface area (TPSA) is 54.5 Å². The van der Waals surface area contributed by atoms with Crippen molar-refractivity contribution in [3.63, 3.8) is 0 Å². The summed E-state index contributed by atoms with van der Waals surface area (Å²) in [5.41, 5.74) is 2.48. The van der Waals surface area contributed by atoms with Crippen molar-refractivity contribution in [2.75, 3.05) is 19.6 Å². The zero-order valence-electron chi connectivity index (χ0n) is 11.7. The van der Waals surface area contributed by atoms with Crippen LogP contribution in [0, 0.1) is 0 Å². The predicted octanol–water partition coefficient (Wildman–Crippen LogP) is 1.89. The van der Waals surface area contributed by atoms with Crippen molar-refractivity contribution in [1.82, 2.24) is 15.2 Å². The third kappa shape index (κ3) is 4.47. The number of carbonyl (C=O) groups is 1. The van der Waals surface area contributed by atoms with E-state index in [2.05, 4.69) is 10.3 Å². The number of hydrogen-bond donors (Lipinski definition) is 1. The summed E-state index contributed by atoms with van der Waals surface area (Å²) in [6.45, 7) is 7.84. The Bertz CT molecular complexity index is 414. The predicted molar refractivity (Wildman–Crippen MR) is 75.4 cm³/mol. The number of thiazole rings is 1. The van der Waals surface area contributed by atoms with Crippen molar-refractivity contribution < 1.29 is 9.53 Å². The second-order valence-corrected chi connectivity index (χ2v) is 6.48. The molecule has 2 heterocycles. The van der Waals surface area contributed by atoms with E-state index in [9.17, 15) is 4.79 Å². The summed E-state index contributed by atoms with van der Waals surface area (Å²) in [6, 6.07) is 0.253. The van der Waals surface area contributed by atoms with E-state index in [-0.39, 0.29) is 12.1 Å². The van der Waals surface area contributed by atoms with Crippen molar-refractivity contribution in [3.05, 3.63) is 16.6 Å². The SMILES string of the molecule is CC(C)(C)OC(=O)N1CCN[C@H](Cc2cscn2)C1. The van der Waals surface area contributed by atoms with Crippen LogP contribution < -0.4 is 5.32 Å². The van der Waals surface area contributed by atoms with E-state index in [0.29, 0.717) is 13.1 Å². The number of nitrogens with zero attached hydrogens (tertiary/aromatic N) is 2. The number of amides is 1. The Morgan fingerprint density at radius 3 is 3.05 bits per heavy atom. The van der Waals surface area contributed by atoms with Gasteiger partial charge in [0.2, 0.25) is 0 Å². The van der Waals surface area contributed by atoms with Gasteiger partial charge in [-0.1, -0.05) is 0 Å².